The number of urea groups is 1. The molecule has 6 heteroatoms. The Balaban J connectivity index is 2.73. The zero-order valence-electron chi connectivity index (χ0n) is 13.6. The smallest absolute Gasteiger partial charge is 0.321 e. The molecule has 0 fully saturated rings. The molecule has 0 saturated heterocycles. The Morgan fingerprint density at radius 3 is 2.59 bits per heavy atom. The van der Waals surface area contributed by atoms with E-state index in [0.29, 0.717) is 29.6 Å². The van der Waals surface area contributed by atoms with Crippen LogP contribution in [0.25, 0.3) is 0 Å². The number of carbonyl (C=O) groups is 1. The summed E-state index contributed by atoms with van der Waals surface area (Å²) in [4.78, 5) is 13.8. The Bertz CT molecular complexity index is 501. The van der Waals surface area contributed by atoms with E-state index in [1.165, 1.54) is 4.90 Å². The van der Waals surface area contributed by atoms with Crippen molar-refractivity contribution >= 4 is 23.3 Å². The topological polar surface area (TPSA) is 61.8 Å². The molecule has 2 N–H and O–H groups in total. The summed E-state index contributed by atoms with van der Waals surface area (Å²) in [5, 5.41) is 13.1. The highest BCUT2D eigenvalue weighted by Gasteiger charge is 2.21. The number of nitrogens with zero attached hydrogens (tertiary/aromatic N) is 1. The molecule has 0 radical (unpaired) electrons. The SMILES string of the molecule is CCCOc1ccc(NC(=O)N(CC)CC(C)(C)O)cc1Cl. The Hall–Kier alpha value is -1.46. The lowest BCUT2D eigenvalue weighted by molar-refractivity contribution is 0.0501. The maximum atomic E-state index is 12.2. The highest BCUT2D eigenvalue weighted by atomic mass is 35.5. The summed E-state index contributed by atoms with van der Waals surface area (Å²) in [7, 11) is 0. The first-order valence-electron chi connectivity index (χ1n) is 7.47. The van der Waals surface area contributed by atoms with Crippen molar-refractivity contribution in [1.29, 1.82) is 0 Å². The Morgan fingerprint density at radius 2 is 2.09 bits per heavy atom. The summed E-state index contributed by atoms with van der Waals surface area (Å²) in [6.45, 7) is 8.56. The lowest BCUT2D eigenvalue weighted by Gasteiger charge is -2.28. The third kappa shape index (κ3) is 6.12. The second kappa shape index (κ2) is 8.25. The molecule has 1 aromatic carbocycles. The molecule has 0 aliphatic rings. The molecule has 0 aliphatic heterocycles. The third-order valence-electron chi connectivity index (χ3n) is 2.89. The van der Waals surface area contributed by atoms with Crippen molar-refractivity contribution in [3.05, 3.63) is 23.2 Å². The van der Waals surface area contributed by atoms with Crippen LogP contribution in [-0.2, 0) is 0 Å². The maximum absolute atomic E-state index is 12.2. The molecule has 0 atom stereocenters. The molecule has 5 nitrogen and oxygen atoms in total. The molecular weight excluding hydrogens is 304 g/mol. The second-order valence-corrected chi connectivity index (χ2v) is 6.16. The summed E-state index contributed by atoms with van der Waals surface area (Å²) in [6.07, 6.45) is 0.900. The average molecular weight is 329 g/mol. The highest BCUT2D eigenvalue weighted by Crippen LogP contribution is 2.28. The van der Waals surface area contributed by atoms with Gasteiger partial charge in [-0.05, 0) is 45.4 Å². The molecule has 0 unspecified atom stereocenters. The number of ether oxygens (including phenoxy) is 1. The molecule has 0 spiro atoms. The van der Waals surface area contributed by atoms with Gasteiger partial charge >= 0.3 is 6.03 Å². The van der Waals surface area contributed by atoms with Crippen LogP contribution in [0.5, 0.6) is 5.75 Å². The van der Waals surface area contributed by atoms with Crippen LogP contribution < -0.4 is 10.1 Å². The van der Waals surface area contributed by atoms with Gasteiger partial charge in [0.05, 0.1) is 23.8 Å². The summed E-state index contributed by atoms with van der Waals surface area (Å²) < 4.78 is 5.49. The number of likely N-dealkylation sites (N-methyl/N-ethyl adjacent to an activating group) is 1. The number of benzene rings is 1. The van der Waals surface area contributed by atoms with Gasteiger partial charge in [-0.2, -0.15) is 0 Å². The van der Waals surface area contributed by atoms with Crippen LogP contribution >= 0.6 is 11.6 Å². The number of hydrogen-bond acceptors (Lipinski definition) is 3. The van der Waals surface area contributed by atoms with Crippen molar-refractivity contribution in [1.82, 2.24) is 4.90 Å². The van der Waals surface area contributed by atoms with Crippen molar-refractivity contribution < 1.29 is 14.6 Å². The predicted molar refractivity (Wildman–Crippen MR) is 89.8 cm³/mol. The van der Waals surface area contributed by atoms with E-state index in [1.54, 1.807) is 32.0 Å². The summed E-state index contributed by atoms with van der Waals surface area (Å²) in [6, 6.07) is 4.86. The number of aliphatic hydroxyl groups is 1. The summed E-state index contributed by atoms with van der Waals surface area (Å²) >= 11 is 6.14. The van der Waals surface area contributed by atoms with E-state index in [4.69, 9.17) is 16.3 Å². The Kier molecular flexibility index (Phi) is 6.97. The van der Waals surface area contributed by atoms with E-state index < -0.39 is 5.60 Å². The van der Waals surface area contributed by atoms with E-state index in [9.17, 15) is 9.90 Å². The quantitative estimate of drug-likeness (QED) is 0.801. The van der Waals surface area contributed by atoms with Gasteiger partial charge in [-0.3, -0.25) is 0 Å². The molecule has 0 bridgehead atoms. The van der Waals surface area contributed by atoms with Crippen LogP contribution in [-0.4, -0.2) is 41.3 Å². The van der Waals surface area contributed by atoms with Gasteiger partial charge in [0, 0.05) is 12.2 Å². The number of nitrogens with one attached hydrogen (secondary N) is 1. The van der Waals surface area contributed by atoms with Gasteiger partial charge < -0.3 is 20.1 Å². The van der Waals surface area contributed by atoms with Crippen LogP contribution in [0.1, 0.15) is 34.1 Å². The number of halogens is 1. The normalized spacial score (nSPS) is 11.2. The van der Waals surface area contributed by atoms with E-state index in [0.717, 1.165) is 6.42 Å². The van der Waals surface area contributed by atoms with Gasteiger partial charge in [-0.15, -0.1) is 0 Å². The molecule has 1 aromatic rings. The van der Waals surface area contributed by atoms with E-state index in [1.807, 2.05) is 13.8 Å². The molecule has 22 heavy (non-hydrogen) atoms. The first-order chi connectivity index (χ1) is 10.3. The van der Waals surface area contributed by atoms with E-state index >= 15 is 0 Å². The Morgan fingerprint density at radius 1 is 1.41 bits per heavy atom. The molecule has 0 aliphatic carbocycles. The predicted octanol–water partition coefficient (Wildman–Crippen LogP) is 3.75. The number of carbonyl (C=O) groups excluding carboxylic acids is 1. The van der Waals surface area contributed by atoms with Gasteiger partial charge in [0.15, 0.2) is 0 Å². The lowest BCUT2D eigenvalue weighted by atomic mass is 10.1. The van der Waals surface area contributed by atoms with Gasteiger partial charge in [0.2, 0.25) is 0 Å². The van der Waals surface area contributed by atoms with Crippen LogP contribution in [0.4, 0.5) is 10.5 Å². The van der Waals surface area contributed by atoms with Crippen LogP contribution in [0.15, 0.2) is 18.2 Å². The van der Waals surface area contributed by atoms with E-state index in [2.05, 4.69) is 5.32 Å². The molecule has 0 saturated carbocycles. The number of anilines is 1. The van der Waals surface area contributed by atoms with Crippen molar-refractivity contribution in [3.63, 3.8) is 0 Å². The van der Waals surface area contributed by atoms with Crippen LogP contribution in [0.3, 0.4) is 0 Å². The summed E-state index contributed by atoms with van der Waals surface area (Å²) in [5.74, 6) is 0.602. The maximum Gasteiger partial charge on any atom is 0.321 e. The Labute approximate surface area is 137 Å². The second-order valence-electron chi connectivity index (χ2n) is 5.75. The van der Waals surface area contributed by atoms with Crippen molar-refractivity contribution in [3.8, 4) is 5.75 Å². The zero-order valence-corrected chi connectivity index (χ0v) is 14.4. The average Bonchev–Trinajstić information content (AvgIpc) is 2.43. The first-order valence-corrected chi connectivity index (χ1v) is 7.85. The fourth-order valence-corrected chi connectivity index (χ4v) is 2.14. The number of amides is 2. The third-order valence-corrected chi connectivity index (χ3v) is 3.19. The number of hydrogen-bond donors (Lipinski definition) is 2. The minimum Gasteiger partial charge on any atom is -0.492 e. The monoisotopic (exact) mass is 328 g/mol. The lowest BCUT2D eigenvalue weighted by Crippen LogP contribution is -2.44. The van der Waals surface area contributed by atoms with Gasteiger partial charge in [-0.1, -0.05) is 18.5 Å². The standard InChI is InChI=1S/C16H25ClN2O3/c1-5-9-22-14-8-7-12(10-13(14)17)18-15(20)19(6-2)11-16(3,4)21/h7-8,10,21H,5-6,9,11H2,1-4H3,(H,18,20). The molecule has 0 aromatic heterocycles. The van der Waals surface area contributed by atoms with Gasteiger partial charge in [0.1, 0.15) is 5.75 Å². The first kappa shape index (κ1) is 18.6. The zero-order chi connectivity index (χ0) is 16.8. The summed E-state index contributed by atoms with van der Waals surface area (Å²) in [5.41, 5.74) is -0.351. The number of rotatable bonds is 7. The van der Waals surface area contributed by atoms with E-state index in [-0.39, 0.29) is 12.6 Å². The van der Waals surface area contributed by atoms with Crippen molar-refractivity contribution in [2.45, 2.75) is 39.7 Å². The van der Waals surface area contributed by atoms with Crippen molar-refractivity contribution in [2.75, 3.05) is 25.0 Å². The fourth-order valence-electron chi connectivity index (χ4n) is 1.90. The molecular formula is C16H25ClN2O3. The molecule has 2 amide bonds. The molecule has 0 heterocycles. The minimum atomic E-state index is -0.942. The van der Waals surface area contributed by atoms with Crippen LogP contribution in [0, 0.1) is 0 Å². The van der Waals surface area contributed by atoms with Gasteiger partial charge in [-0.25, -0.2) is 4.79 Å². The van der Waals surface area contributed by atoms with Crippen molar-refractivity contribution in [2.24, 2.45) is 0 Å². The van der Waals surface area contributed by atoms with Gasteiger partial charge in [0.25, 0.3) is 0 Å². The van der Waals surface area contributed by atoms with Crippen LogP contribution in [0.2, 0.25) is 5.02 Å². The molecule has 124 valence electrons. The highest BCUT2D eigenvalue weighted by molar-refractivity contribution is 6.32. The minimum absolute atomic E-state index is 0.251. The largest absolute Gasteiger partial charge is 0.492 e. The fraction of sp³-hybridized carbons (Fsp3) is 0.562. The molecule has 1 rings (SSSR count).